The first-order valence-corrected chi connectivity index (χ1v) is 10.4. The van der Waals surface area contributed by atoms with Gasteiger partial charge < -0.3 is 9.47 Å². The van der Waals surface area contributed by atoms with Gasteiger partial charge in [0, 0.05) is 24.3 Å². The van der Waals surface area contributed by atoms with Crippen molar-refractivity contribution < 1.29 is 9.47 Å². The predicted octanol–water partition coefficient (Wildman–Crippen LogP) is 2.86. The van der Waals surface area contributed by atoms with E-state index >= 15 is 0 Å². The van der Waals surface area contributed by atoms with Crippen molar-refractivity contribution in [2.24, 2.45) is 0 Å². The maximum Gasteiger partial charge on any atom is 0.263 e. The van der Waals surface area contributed by atoms with Gasteiger partial charge in [0.2, 0.25) is 0 Å². The van der Waals surface area contributed by atoms with Crippen molar-refractivity contribution in [3.8, 4) is 0 Å². The molecule has 1 atom stereocenters. The molecule has 0 spiro atoms. The van der Waals surface area contributed by atoms with E-state index in [0.717, 1.165) is 59.8 Å². The second kappa shape index (κ2) is 7.15. The standard InChI is InChI=1S/C17H22N2O3S2/c1-21-9-7-19-16(20)14-12-5-2-6-13(12)24-15(14)18-17(19)23-10-11-4-3-8-22-11/h11H,2-10H2,1H3/t11-/m0/s1. The molecular formula is C17H22N2O3S2. The normalized spacial score (nSPS) is 20.1. The third kappa shape index (κ3) is 3.03. The number of fused-ring (bicyclic) bond motifs is 3. The van der Waals surface area contributed by atoms with Crippen LogP contribution < -0.4 is 5.56 Å². The van der Waals surface area contributed by atoms with E-state index in [2.05, 4.69) is 0 Å². The highest BCUT2D eigenvalue weighted by atomic mass is 32.2. The summed E-state index contributed by atoms with van der Waals surface area (Å²) in [5, 5.41) is 1.66. The van der Waals surface area contributed by atoms with Crippen molar-refractivity contribution in [2.45, 2.75) is 49.9 Å². The summed E-state index contributed by atoms with van der Waals surface area (Å²) in [5.74, 6) is 0.857. The fraction of sp³-hybridized carbons (Fsp3) is 0.647. The molecule has 0 bridgehead atoms. The zero-order valence-electron chi connectivity index (χ0n) is 13.9. The largest absolute Gasteiger partial charge is 0.383 e. The van der Waals surface area contributed by atoms with Crippen LogP contribution in [0.1, 0.15) is 29.7 Å². The minimum Gasteiger partial charge on any atom is -0.383 e. The Bertz CT molecular complexity index is 793. The molecule has 2 aliphatic rings. The van der Waals surface area contributed by atoms with Crippen LogP contribution in [0.3, 0.4) is 0 Å². The lowest BCUT2D eigenvalue weighted by Gasteiger charge is -2.13. The molecule has 7 heteroatoms. The van der Waals surface area contributed by atoms with Crippen LogP contribution in [0, 0.1) is 0 Å². The van der Waals surface area contributed by atoms with Crippen molar-refractivity contribution in [2.75, 3.05) is 26.1 Å². The molecule has 0 amide bonds. The third-order valence-electron chi connectivity index (χ3n) is 4.73. The highest BCUT2D eigenvalue weighted by Gasteiger charge is 2.24. The minimum atomic E-state index is 0.103. The summed E-state index contributed by atoms with van der Waals surface area (Å²) in [6.07, 6.45) is 5.78. The highest BCUT2D eigenvalue weighted by Crippen LogP contribution is 2.35. The van der Waals surface area contributed by atoms with Gasteiger partial charge in [-0.1, -0.05) is 11.8 Å². The number of ether oxygens (including phenoxy) is 2. The Kier molecular flexibility index (Phi) is 4.94. The van der Waals surface area contributed by atoms with E-state index in [4.69, 9.17) is 14.5 Å². The summed E-state index contributed by atoms with van der Waals surface area (Å²) in [7, 11) is 1.67. The molecule has 130 valence electrons. The fourth-order valence-corrected chi connectivity index (χ4v) is 5.88. The van der Waals surface area contributed by atoms with Gasteiger partial charge >= 0.3 is 0 Å². The summed E-state index contributed by atoms with van der Waals surface area (Å²) in [5.41, 5.74) is 1.35. The molecule has 0 N–H and O–H groups in total. The first-order chi connectivity index (χ1) is 11.8. The first kappa shape index (κ1) is 16.6. The number of hydrogen-bond donors (Lipinski definition) is 0. The van der Waals surface area contributed by atoms with E-state index in [1.807, 2.05) is 0 Å². The number of thioether (sulfide) groups is 1. The molecule has 1 saturated heterocycles. The van der Waals surface area contributed by atoms with Gasteiger partial charge in [-0.25, -0.2) is 4.98 Å². The highest BCUT2D eigenvalue weighted by molar-refractivity contribution is 7.99. The maximum atomic E-state index is 13.1. The fourth-order valence-electron chi connectivity index (χ4n) is 3.49. The molecule has 4 rings (SSSR count). The monoisotopic (exact) mass is 366 g/mol. The van der Waals surface area contributed by atoms with E-state index in [0.29, 0.717) is 13.2 Å². The number of thiophene rings is 1. The van der Waals surface area contributed by atoms with E-state index < -0.39 is 0 Å². The lowest BCUT2D eigenvalue weighted by atomic mass is 10.2. The molecule has 2 aromatic heterocycles. The Morgan fingerprint density at radius 1 is 1.42 bits per heavy atom. The molecule has 24 heavy (non-hydrogen) atoms. The lowest BCUT2D eigenvalue weighted by Crippen LogP contribution is -2.25. The van der Waals surface area contributed by atoms with Gasteiger partial charge in [0.15, 0.2) is 5.16 Å². The van der Waals surface area contributed by atoms with E-state index in [1.165, 1.54) is 10.4 Å². The number of rotatable bonds is 6. The molecule has 0 unspecified atom stereocenters. The second-order valence-corrected chi connectivity index (χ2v) is 8.40. The molecule has 2 aromatic rings. The summed E-state index contributed by atoms with van der Waals surface area (Å²) >= 11 is 3.35. The minimum absolute atomic E-state index is 0.103. The van der Waals surface area contributed by atoms with Gasteiger partial charge in [-0.3, -0.25) is 9.36 Å². The molecule has 3 heterocycles. The van der Waals surface area contributed by atoms with Crippen LogP contribution in [0.4, 0.5) is 0 Å². The number of nitrogens with zero attached hydrogens (tertiary/aromatic N) is 2. The van der Waals surface area contributed by atoms with E-state index in [9.17, 15) is 4.79 Å². The summed E-state index contributed by atoms with van der Waals surface area (Å²) in [6.45, 7) is 1.93. The van der Waals surface area contributed by atoms with Gasteiger partial charge in [-0.2, -0.15) is 0 Å². The van der Waals surface area contributed by atoms with Gasteiger partial charge in [0.25, 0.3) is 5.56 Å². The number of aryl methyl sites for hydroxylation is 2. The summed E-state index contributed by atoms with van der Waals surface area (Å²) < 4.78 is 12.7. The van der Waals surface area contributed by atoms with E-state index in [-0.39, 0.29) is 11.7 Å². The van der Waals surface area contributed by atoms with Crippen LogP contribution in [0.15, 0.2) is 9.95 Å². The topological polar surface area (TPSA) is 53.4 Å². The van der Waals surface area contributed by atoms with Gasteiger partial charge in [-0.05, 0) is 37.7 Å². The molecule has 1 fully saturated rings. The van der Waals surface area contributed by atoms with Crippen LogP contribution in [0.25, 0.3) is 10.2 Å². The SMILES string of the molecule is COCCn1c(SC[C@@H]2CCCO2)nc2sc3c(c2c1=O)CCC3. The van der Waals surface area contributed by atoms with Gasteiger partial charge in [0.1, 0.15) is 4.83 Å². The van der Waals surface area contributed by atoms with Crippen molar-refractivity contribution in [1.82, 2.24) is 9.55 Å². The Morgan fingerprint density at radius 3 is 3.12 bits per heavy atom. The molecule has 0 radical (unpaired) electrons. The molecular weight excluding hydrogens is 344 g/mol. The molecule has 0 saturated carbocycles. The number of methoxy groups -OCH3 is 1. The van der Waals surface area contributed by atoms with Crippen molar-refractivity contribution in [3.63, 3.8) is 0 Å². The third-order valence-corrected chi connectivity index (χ3v) is 7.03. The molecule has 1 aliphatic heterocycles. The van der Waals surface area contributed by atoms with Crippen LogP contribution >= 0.6 is 23.1 Å². The van der Waals surface area contributed by atoms with Crippen molar-refractivity contribution in [3.05, 3.63) is 20.8 Å². The van der Waals surface area contributed by atoms with Crippen LogP contribution in [-0.4, -0.2) is 41.7 Å². The van der Waals surface area contributed by atoms with Crippen molar-refractivity contribution >= 4 is 33.3 Å². The maximum absolute atomic E-state index is 13.1. The average molecular weight is 367 g/mol. The Labute approximate surface area is 149 Å². The van der Waals surface area contributed by atoms with Crippen LogP contribution in [0.5, 0.6) is 0 Å². The van der Waals surface area contributed by atoms with Crippen LogP contribution in [0.2, 0.25) is 0 Å². The zero-order chi connectivity index (χ0) is 16.5. The van der Waals surface area contributed by atoms with E-state index in [1.54, 1.807) is 34.8 Å². The first-order valence-electron chi connectivity index (χ1n) is 8.56. The molecule has 5 nitrogen and oxygen atoms in total. The van der Waals surface area contributed by atoms with Crippen LogP contribution in [-0.2, 0) is 28.9 Å². The summed E-state index contributed by atoms with van der Waals surface area (Å²) in [4.78, 5) is 20.2. The second-order valence-electron chi connectivity index (χ2n) is 6.33. The molecule has 0 aromatic carbocycles. The summed E-state index contributed by atoms with van der Waals surface area (Å²) in [6, 6.07) is 0. The quantitative estimate of drug-likeness (QED) is 0.581. The van der Waals surface area contributed by atoms with Gasteiger partial charge in [-0.15, -0.1) is 11.3 Å². The lowest BCUT2D eigenvalue weighted by molar-refractivity contribution is 0.128. The zero-order valence-corrected chi connectivity index (χ0v) is 15.5. The molecule has 1 aliphatic carbocycles. The number of hydrogen-bond acceptors (Lipinski definition) is 6. The predicted molar refractivity (Wildman–Crippen MR) is 97.5 cm³/mol. The Morgan fingerprint density at radius 2 is 2.33 bits per heavy atom. The van der Waals surface area contributed by atoms with Gasteiger partial charge in [0.05, 0.1) is 24.6 Å². The van der Waals surface area contributed by atoms with Crippen molar-refractivity contribution in [1.29, 1.82) is 0 Å². The Hall–Kier alpha value is -0.890. The smallest absolute Gasteiger partial charge is 0.263 e. The Balaban J connectivity index is 1.71. The average Bonchev–Trinajstić information content (AvgIpc) is 3.28. The number of aromatic nitrogens is 2.